The first-order chi connectivity index (χ1) is 13.6. The van der Waals surface area contributed by atoms with E-state index in [0.29, 0.717) is 30.4 Å². The molecule has 9 heteroatoms. The molecule has 0 unspecified atom stereocenters. The monoisotopic (exact) mass is 406 g/mol. The maximum Gasteiger partial charge on any atom is 0.416 e. The van der Waals surface area contributed by atoms with Crippen molar-refractivity contribution in [1.29, 1.82) is 0 Å². The summed E-state index contributed by atoms with van der Waals surface area (Å²) in [6, 6.07) is 1.82. The number of hydrogen-bond acceptors (Lipinski definition) is 5. The molecule has 29 heavy (non-hydrogen) atoms. The van der Waals surface area contributed by atoms with Gasteiger partial charge in [-0.2, -0.15) is 18.3 Å². The molecule has 1 aliphatic rings. The molecule has 4 rings (SSSR count). The summed E-state index contributed by atoms with van der Waals surface area (Å²) in [7, 11) is 0. The first-order valence-corrected chi connectivity index (χ1v) is 9.27. The van der Waals surface area contributed by atoms with Crippen LogP contribution in [0, 0.1) is 12.3 Å². The van der Waals surface area contributed by atoms with Crippen molar-refractivity contribution in [3.8, 4) is 17.0 Å². The molecule has 6 nitrogen and oxygen atoms in total. The van der Waals surface area contributed by atoms with Crippen molar-refractivity contribution in [2.24, 2.45) is 5.41 Å². The van der Waals surface area contributed by atoms with Gasteiger partial charge in [0.15, 0.2) is 5.65 Å². The molecule has 2 aromatic heterocycles. The minimum atomic E-state index is -4.54. The number of hydrogen-bond donors (Lipinski definition) is 1. The minimum Gasteiger partial charge on any atom is -0.507 e. The van der Waals surface area contributed by atoms with Crippen LogP contribution in [-0.2, 0) is 10.9 Å². The zero-order valence-corrected chi connectivity index (χ0v) is 16.3. The number of rotatable bonds is 2. The highest BCUT2D eigenvalue weighted by molar-refractivity contribution is 5.77. The smallest absolute Gasteiger partial charge is 0.416 e. The molecule has 0 saturated carbocycles. The van der Waals surface area contributed by atoms with Gasteiger partial charge in [0, 0.05) is 17.6 Å². The number of nitrogens with zero attached hydrogens (tertiary/aromatic N) is 4. The summed E-state index contributed by atoms with van der Waals surface area (Å²) in [5, 5.41) is 14.8. The van der Waals surface area contributed by atoms with Gasteiger partial charge in [0.25, 0.3) is 0 Å². The Kier molecular flexibility index (Phi) is 4.53. The summed E-state index contributed by atoms with van der Waals surface area (Å²) < 4.78 is 46.3. The van der Waals surface area contributed by atoms with Gasteiger partial charge in [-0.1, -0.05) is 13.8 Å². The average Bonchev–Trinajstić information content (AvgIpc) is 3.02. The van der Waals surface area contributed by atoms with Gasteiger partial charge in [-0.25, -0.2) is 9.97 Å². The number of aromatic nitrogens is 4. The van der Waals surface area contributed by atoms with Crippen LogP contribution in [0.2, 0.25) is 0 Å². The summed E-state index contributed by atoms with van der Waals surface area (Å²) in [6.07, 6.45) is -0.458. The van der Waals surface area contributed by atoms with E-state index in [9.17, 15) is 18.3 Å². The fraction of sp³-hybridized carbons (Fsp3) is 0.450. The highest BCUT2D eigenvalue weighted by Crippen LogP contribution is 2.39. The zero-order chi connectivity index (χ0) is 21.0. The number of fused-ring (bicyclic) bond motifs is 1. The van der Waals surface area contributed by atoms with Crippen molar-refractivity contribution in [1.82, 2.24) is 19.7 Å². The van der Waals surface area contributed by atoms with Gasteiger partial charge < -0.3 is 9.84 Å². The quantitative estimate of drug-likeness (QED) is 0.678. The third kappa shape index (κ3) is 3.55. The van der Waals surface area contributed by atoms with E-state index in [2.05, 4.69) is 28.9 Å². The van der Waals surface area contributed by atoms with Crippen molar-refractivity contribution in [2.75, 3.05) is 13.2 Å². The molecule has 3 heterocycles. The van der Waals surface area contributed by atoms with E-state index in [0.717, 1.165) is 12.5 Å². The molecular weight excluding hydrogens is 385 g/mol. The third-order valence-electron chi connectivity index (χ3n) is 5.38. The van der Waals surface area contributed by atoms with E-state index in [-0.39, 0.29) is 28.3 Å². The number of alkyl halides is 3. The standard InChI is InChI=1S/C20H21F3N4O2/c1-11-6-12(20(21,22)23)7-15(28)17(11)13-8-24-14-9-27(26-18(14)25-13)16-4-5-29-10-19(16,2)3/h6-9,16,28H,4-5,10H2,1-3H3/t16-/m1/s1. The van der Waals surface area contributed by atoms with E-state index in [1.54, 1.807) is 0 Å². The first-order valence-electron chi connectivity index (χ1n) is 9.27. The molecule has 1 aliphatic heterocycles. The van der Waals surface area contributed by atoms with Gasteiger partial charge in [0.05, 0.1) is 36.3 Å². The van der Waals surface area contributed by atoms with Crippen LogP contribution in [0.15, 0.2) is 24.5 Å². The van der Waals surface area contributed by atoms with Gasteiger partial charge in [-0.05, 0) is 31.0 Å². The Morgan fingerprint density at radius 3 is 2.69 bits per heavy atom. The van der Waals surface area contributed by atoms with Gasteiger partial charge in [0.1, 0.15) is 11.3 Å². The second kappa shape index (κ2) is 6.69. The first kappa shape index (κ1) is 19.6. The lowest BCUT2D eigenvalue weighted by atomic mass is 9.82. The summed E-state index contributed by atoms with van der Waals surface area (Å²) >= 11 is 0. The lowest BCUT2D eigenvalue weighted by molar-refractivity contribution is -0.137. The van der Waals surface area contributed by atoms with Crippen LogP contribution in [0.25, 0.3) is 22.4 Å². The predicted molar refractivity (Wildman–Crippen MR) is 100 cm³/mol. The van der Waals surface area contributed by atoms with Crippen LogP contribution in [0.4, 0.5) is 13.2 Å². The summed E-state index contributed by atoms with van der Waals surface area (Å²) in [4.78, 5) is 8.82. The Morgan fingerprint density at radius 2 is 2.03 bits per heavy atom. The number of aromatic hydroxyl groups is 1. The Hall–Kier alpha value is -2.68. The Labute approximate surface area is 165 Å². The fourth-order valence-electron chi connectivity index (χ4n) is 3.87. The number of phenolic OH excluding ortho intramolecular Hbond substituents is 1. The third-order valence-corrected chi connectivity index (χ3v) is 5.38. The molecule has 0 spiro atoms. The van der Waals surface area contributed by atoms with Crippen molar-refractivity contribution < 1.29 is 23.0 Å². The van der Waals surface area contributed by atoms with Crippen LogP contribution < -0.4 is 0 Å². The number of ether oxygens (including phenoxy) is 1. The van der Waals surface area contributed by atoms with Crippen LogP contribution in [0.5, 0.6) is 5.75 Å². The number of aryl methyl sites for hydroxylation is 1. The van der Waals surface area contributed by atoms with E-state index >= 15 is 0 Å². The molecule has 0 amide bonds. The van der Waals surface area contributed by atoms with Crippen molar-refractivity contribution in [3.63, 3.8) is 0 Å². The van der Waals surface area contributed by atoms with Crippen molar-refractivity contribution >= 4 is 11.2 Å². The van der Waals surface area contributed by atoms with Gasteiger partial charge in [0.2, 0.25) is 0 Å². The largest absolute Gasteiger partial charge is 0.507 e. The van der Waals surface area contributed by atoms with E-state index < -0.39 is 17.5 Å². The lowest BCUT2D eigenvalue weighted by Crippen LogP contribution is -2.37. The minimum absolute atomic E-state index is 0.106. The highest BCUT2D eigenvalue weighted by Gasteiger charge is 2.35. The fourth-order valence-corrected chi connectivity index (χ4v) is 3.87. The van der Waals surface area contributed by atoms with E-state index in [1.165, 1.54) is 13.1 Å². The average molecular weight is 406 g/mol. The highest BCUT2D eigenvalue weighted by atomic mass is 19.4. The molecule has 1 atom stereocenters. The molecule has 1 saturated heterocycles. The molecule has 0 aliphatic carbocycles. The molecule has 1 N–H and O–H groups in total. The maximum absolute atomic E-state index is 13.0. The zero-order valence-electron chi connectivity index (χ0n) is 16.3. The molecule has 1 fully saturated rings. The number of benzene rings is 1. The van der Waals surface area contributed by atoms with Crippen LogP contribution in [0.1, 0.15) is 37.4 Å². The SMILES string of the molecule is Cc1cc(C(F)(F)F)cc(O)c1-c1cnc2cn([C@@H]3CCOCC3(C)C)nc2n1. The van der Waals surface area contributed by atoms with Gasteiger partial charge in [-0.15, -0.1) is 0 Å². The Balaban J connectivity index is 1.75. The van der Waals surface area contributed by atoms with E-state index in [1.807, 2.05) is 10.9 Å². The second-order valence-electron chi connectivity index (χ2n) is 8.10. The Morgan fingerprint density at radius 1 is 1.28 bits per heavy atom. The van der Waals surface area contributed by atoms with Gasteiger partial charge >= 0.3 is 6.18 Å². The summed E-state index contributed by atoms with van der Waals surface area (Å²) in [5.74, 6) is -0.490. The second-order valence-corrected chi connectivity index (χ2v) is 8.10. The van der Waals surface area contributed by atoms with Crippen molar-refractivity contribution in [2.45, 2.75) is 39.4 Å². The van der Waals surface area contributed by atoms with Crippen molar-refractivity contribution in [3.05, 3.63) is 35.7 Å². The summed E-state index contributed by atoms with van der Waals surface area (Å²) in [5.41, 5.74) is 0.702. The lowest BCUT2D eigenvalue weighted by Gasteiger charge is -2.38. The number of phenols is 1. The molecular formula is C20H21F3N4O2. The molecule has 0 radical (unpaired) electrons. The van der Waals surface area contributed by atoms with Crippen LogP contribution in [-0.4, -0.2) is 38.1 Å². The van der Waals surface area contributed by atoms with Crippen LogP contribution >= 0.6 is 0 Å². The molecule has 3 aromatic rings. The van der Waals surface area contributed by atoms with Crippen LogP contribution in [0.3, 0.4) is 0 Å². The topological polar surface area (TPSA) is 73.1 Å². The molecule has 1 aromatic carbocycles. The predicted octanol–water partition coefficient (Wildman–Crippen LogP) is 4.51. The Bertz CT molecular complexity index is 1050. The maximum atomic E-state index is 13.0. The molecule has 0 bridgehead atoms. The van der Waals surface area contributed by atoms with Gasteiger partial charge in [-0.3, -0.25) is 4.68 Å². The molecule has 154 valence electrons. The number of halogens is 3. The van der Waals surface area contributed by atoms with E-state index in [4.69, 9.17) is 4.74 Å². The normalized spacial score (nSPS) is 19.6. The summed E-state index contributed by atoms with van der Waals surface area (Å²) in [6.45, 7) is 6.99.